The maximum Gasteiger partial charge on any atom is 0.327 e. The summed E-state index contributed by atoms with van der Waals surface area (Å²) in [5, 5.41) is 14.0. The van der Waals surface area contributed by atoms with Crippen molar-refractivity contribution in [1.82, 2.24) is 0 Å². The molecule has 98 valence electrons. The van der Waals surface area contributed by atoms with Crippen LogP contribution in [0.25, 0.3) is 0 Å². The van der Waals surface area contributed by atoms with Gasteiger partial charge in [0.2, 0.25) is 5.82 Å². The first-order valence-corrected chi connectivity index (χ1v) is 6.08. The Kier molecular flexibility index (Phi) is 3.24. The highest BCUT2D eigenvalue weighted by Gasteiger charge is 2.32. The smallest absolute Gasteiger partial charge is 0.327 e. The van der Waals surface area contributed by atoms with Crippen LogP contribution in [0.4, 0.5) is 15.8 Å². The van der Waals surface area contributed by atoms with E-state index in [-0.39, 0.29) is 17.1 Å². The van der Waals surface area contributed by atoms with Gasteiger partial charge in [-0.1, -0.05) is 19.9 Å². The third-order valence-electron chi connectivity index (χ3n) is 3.50. The van der Waals surface area contributed by atoms with Gasteiger partial charge >= 0.3 is 5.69 Å². The lowest BCUT2D eigenvalue weighted by atomic mass is 9.92. The summed E-state index contributed by atoms with van der Waals surface area (Å²) in [6, 6.07) is 4.35. The zero-order chi connectivity index (χ0) is 13.3. The molecule has 0 saturated heterocycles. The zero-order valence-electron chi connectivity index (χ0n) is 10.6. The standard InChI is InChI=1S/C13H17FN2O2/c1-13(2)7-6-9(8-13)15-11-5-3-4-10(14)12(11)16(17)18/h3-5,9,15H,6-8H2,1-2H3. The maximum absolute atomic E-state index is 13.4. The minimum absolute atomic E-state index is 0.181. The number of halogens is 1. The quantitative estimate of drug-likeness (QED) is 0.658. The Bertz CT molecular complexity index is 474. The van der Waals surface area contributed by atoms with Crippen LogP contribution in [0.5, 0.6) is 0 Å². The lowest BCUT2D eigenvalue weighted by Gasteiger charge is -2.18. The molecule has 1 N–H and O–H groups in total. The molecule has 0 bridgehead atoms. The first-order valence-electron chi connectivity index (χ1n) is 6.08. The van der Waals surface area contributed by atoms with E-state index >= 15 is 0 Å². The Morgan fingerprint density at radius 2 is 2.22 bits per heavy atom. The minimum Gasteiger partial charge on any atom is -0.377 e. The maximum atomic E-state index is 13.4. The molecule has 18 heavy (non-hydrogen) atoms. The summed E-state index contributed by atoms with van der Waals surface area (Å²) in [6.45, 7) is 4.35. The van der Waals surface area contributed by atoms with Crippen LogP contribution in [0.15, 0.2) is 18.2 Å². The molecule has 1 unspecified atom stereocenters. The molecule has 1 aromatic carbocycles. The molecule has 1 saturated carbocycles. The molecule has 0 amide bonds. The van der Waals surface area contributed by atoms with Crippen molar-refractivity contribution in [2.24, 2.45) is 5.41 Å². The number of nitrogens with one attached hydrogen (secondary N) is 1. The van der Waals surface area contributed by atoms with Gasteiger partial charge in [0.15, 0.2) is 0 Å². The van der Waals surface area contributed by atoms with Gasteiger partial charge in [0.1, 0.15) is 5.69 Å². The van der Waals surface area contributed by atoms with Crippen molar-refractivity contribution >= 4 is 11.4 Å². The SMILES string of the molecule is CC1(C)CCC(Nc2cccc(F)c2[N+](=O)[O-])C1. The molecule has 0 aliphatic heterocycles. The highest BCUT2D eigenvalue weighted by atomic mass is 19.1. The molecule has 1 aliphatic carbocycles. The summed E-state index contributed by atoms with van der Waals surface area (Å²) in [7, 11) is 0. The number of hydrogen-bond acceptors (Lipinski definition) is 3. The van der Waals surface area contributed by atoms with Crippen molar-refractivity contribution in [3.05, 3.63) is 34.1 Å². The van der Waals surface area contributed by atoms with Crippen LogP contribution in [0.3, 0.4) is 0 Å². The number of benzene rings is 1. The molecular formula is C13H17FN2O2. The fourth-order valence-corrected chi connectivity index (χ4v) is 2.60. The first-order chi connectivity index (χ1) is 8.39. The van der Waals surface area contributed by atoms with Crippen molar-refractivity contribution < 1.29 is 9.31 Å². The average Bonchev–Trinajstić information content (AvgIpc) is 2.57. The van der Waals surface area contributed by atoms with Crippen molar-refractivity contribution in [2.75, 3.05) is 5.32 Å². The second-order valence-corrected chi connectivity index (χ2v) is 5.64. The van der Waals surface area contributed by atoms with E-state index in [0.29, 0.717) is 0 Å². The fraction of sp³-hybridized carbons (Fsp3) is 0.538. The Hall–Kier alpha value is -1.65. The van der Waals surface area contributed by atoms with E-state index in [1.807, 2.05) is 0 Å². The molecular weight excluding hydrogens is 235 g/mol. The normalized spacial score (nSPS) is 21.8. The number of nitro benzene ring substituents is 1. The van der Waals surface area contributed by atoms with E-state index in [1.54, 1.807) is 6.07 Å². The van der Waals surface area contributed by atoms with Crippen molar-refractivity contribution in [3.8, 4) is 0 Å². The average molecular weight is 252 g/mol. The summed E-state index contributed by atoms with van der Waals surface area (Å²) in [6.07, 6.45) is 2.98. The largest absolute Gasteiger partial charge is 0.377 e. The van der Waals surface area contributed by atoms with E-state index in [4.69, 9.17) is 0 Å². The Morgan fingerprint density at radius 3 is 2.78 bits per heavy atom. The zero-order valence-corrected chi connectivity index (χ0v) is 10.6. The van der Waals surface area contributed by atoms with Crippen molar-refractivity contribution in [1.29, 1.82) is 0 Å². The van der Waals surface area contributed by atoms with Gasteiger partial charge in [0.05, 0.1) is 4.92 Å². The highest BCUT2D eigenvalue weighted by Crippen LogP contribution is 2.39. The molecule has 4 nitrogen and oxygen atoms in total. The molecule has 1 aliphatic rings. The number of para-hydroxylation sites is 1. The van der Waals surface area contributed by atoms with E-state index in [0.717, 1.165) is 25.3 Å². The van der Waals surface area contributed by atoms with E-state index in [1.165, 1.54) is 6.07 Å². The lowest BCUT2D eigenvalue weighted by molar-refractivity contribution is -0.386. The third-order valence-corrected chi connectivity index (χ3v) is 3.50. The molecule has 0 heterocycles. The first kappa shape index (κ1) is 12.8. The third kappa shape index (κ3) is 2.60. The molecule has 5 heteroatoms. The molecule has 2 rings (SSSR count). The highest BCUT2D eigenvalue weighted by molar-refractivity contribution is 5.62. The van der Waals surface area contributed by atoms with Crippen LogP contribution in [0.1, 0.15) is 33.1 Å². The Labute approximate surface area is 105 Å². The second-order valence-electron chi connectivity index (χ2n) is 5.64. The molecule has 0 radical (unpaired) electrons. The van der Waals surface area contributed by atoms with Gasteiger partial charge in [-0.05, 0) is 36.8 Å². The van der Waals surface area contributed by atoms with Gasteiger partial charge in [0.25, 0.3) is 0 Å². The topological polar surface area (TPSA) is 55.2 Å². The van der Waals surface area contributed by atoms with E-state index < -0.39 is 16.4 Å². The molecule has 1 atom stereocenters. The monoisotopic (exact) mass is 252 g/mol. The summed E-state index contributed by atoms with van der Waals surface area (Å²) in [4.78, 5) is 10.2. The number of nitro groups is 1. The number of nitrogens with zero attached hydrogens (tertiary/aromatic N) is 1. The Balaban J connectivity index is 2.20. The van der Waals surface area contributed by atoms with Gasteiger partial charge in [-0.2, -0.15) is 4.39 Å². The van der Waals surface area contributed by atoms with Crippen LogP contribution < -0.4 is 5.32 Å². The summed E-state index contributed by atoms with van der Waals surface area (Å²) < 4.78 is 13.4. The van der Waals surface area contributed by atoms with Gasteiger partial charge in [0, 0.05) is 6.04 Å². The van der Waals surface area contributed by atoms with Gasteiger partial charge in [-0.15, -0.1) is 0 Å². The van der Waals surface area contributed by atoms with Crippen molar-refractivity contribution in [3.63, 3.8) is 0 Å². The number of rotatable bonds is 3. The fourth-order valence-electron chi connectivity index (χ4n) is 2.60. The lowest BCUT2D eigenvalue weighted by Crippen LogP contribution is -2.18. The number of hydrogen-bond donors (Lipinski definition) is 1. The molecule has 1 fully saturated rings. The molecule has 0 aromatic heterocycles. The van der Waals surface area contributed by atoms with E-state index in [9.17, 15) is 14.5 Å². The second kappa shape index (κ2) is 4.55. The van der Waals surface area contributed by atoms with E-state index in [2.05, 4.69) is 19.2 Å². The van der Waals surface area contributed by atoms with Gasteiger partial charge < -0.3 is 5.32 Å². The van der Waals surface area contributed by atoms with Crippen LogP contribution in [0, 0.1) is 21.3 Å². The predicted octanol–water partition coefficient (Wildman–Crippen LogP) is 3.72. The van der Waals surface area contributed by atoms with Crippen LogP contribution in [-0.2, 0) is 0 Å². The van der Waals surface area contributed by atoms with Gasteiger partial charge in [-0.3, -0.25) is 10.1 Å². The summed E-state index contributed by atoms with van der Waals surface area (Å²) in [5.74, 6) is -0.790. The summed E-state index contributed by atoms with van der Waals surface area (Å²) >= 11 is 0. The molecule has 1 aromatic rings. The molecule has 0 spiro atoms. The predicted molar refractivity (Wildman–Crippen MR) is 68.1 cm³/mol. The van der Waals surface area contributed by atoms with Crippen LogP contribution in [0.2, 0.25) is 0 Å². The number of anilines is 1. The van der Waals surface area contributed by atoms with Crippen LogP contribution >= 0.6 is 0 Å². The Morgan fingerprint density at radius 1 is 1.50 bits per heavy atom. The van der Waals surface area contributed by atoms with Crippen molar-refractivity contribution in [2.45, 2.75) is 39.2 Å². The summed E-state index contributed by atoms with van der Waals surface area (Å²) in [5.41, 5.74) is 0.0738. The minimum atomic E-state index is -0.790. The van der Waals surface area contributed by atoms with Gasteiger partial charge in [-0.25, -0.2) is 0 Å². The van der Waals surface area contributed by atoms with Crippen LogP contribution in [-0.4, -0.2) is 11.0 Å².